The average molecular weight is 602 g/mol. The molecule has 6 rings (SSSR count). The van der Waals surface area contributed by atoms with Gasteiger partial charge < -0.3 is 19.4 Å². The molecular formula is C31H29BrN4O2S. The van der Waals surface area contributed by atoms with Gasteiger partial charge in [0.25, 0.3) is 0 Å². The Morgan fingerprint density at radius 3 is 2.41 bits per heavy atom. The number of aromatic nitrogens is 3. The lowest BCUT2D eigenvalue weighted by molar-refractivity contribution is 0.288. The average Bonchev–Trinajstić information content (AvgIpc) is 3.35. The highest BCUT2D eigenvalue weighted by molar-refractivity contribution is 9.10. The molecule has 198 valence electrons. The lowest BCUT2D eigenvalue weighted by Gasteiger charge is -2.12. The van der Waals surface area contributed by atoms with E-state index in [1.54, 1.807) is 0 Å². The maximum absolute atomic E-state index is 6.16. The fourth-order valence-electron chi connectivity index (χ4n) is 5.21. The monoisotopic (exact) mass is 600 g/mol. The van der Waals surface area contributed by atoms with E-state index in [1.165, 1.54) is 5.56 Å². The van der Waals surface area contributed by atoms with Crippen LogP contribution < -0.4 is 14.8 Å². The van der Waals surface area contributed by atoms with Gasteiger partial charge in [-0.05, 0) is 80.3 Å². The number of nitrogens with zero attached hydrogens (tertiary/aromatic N) is 3. The molecule has 0 fully saturated rings. The minimum absolute atomic E-state index is 0.374. The molecule has 1 N–H and O–H groups in total. The number of para-hydroxylation sites is 1. The van der Waals surface area contributed by atoms with Crippen molar-refractivity contribution in [2.75, 3.05) is 11.9 Å². The minimum Gasteiger partial charge on any atom is -0.494 e. The number of halogens is 1. The van der Waals surface area contributed by atoms with Crippen molar-refractivity contribution in [3.63, 3.8) is 0 Å². The topological polar surface area (TPSA) is 52.7 Å². The van der Waals surface area contributed by atoms with Crippen LogP contribution in [0.4, 0.5) is 5.69 Å². The molecule has 8 heteroatoms. The Morgan fingerprint density at radius 1 is 0.949 bits per heavy atom. The Morgan fingerprint density at radius 2 is 1.67 bits per heavy atom. The van der Waals surface area contributed by atoms with Gasteiger partial charge in [0.1, 0.15) is 34.4 Å². The molecule has 1 aliphatic heterocycles. The fourth-order valence-corrected chi connectivity index (χ4v) is 5.78. The Labute approximate surface area is 241 Å². The zero-order chi connectivity index (χ0) is 26.8. The highest BCUT2D eigenvalue weighted by Crippen LogP contribution is 2.38. The molecule has 0 saturated heterocycles. The zero-order valence-electron chi connectivity index (χ0n) is 21.7. The van der Waals surface area contributed by atoms with E-state index in [-0.39, 0.29) is 0 Å². The van der Waals surface area contributed by atoms with Crippen LogP contribution in [0.15, 0.2) is 83.3 Å². The second-order valence-corrected chi connectivity index (χ2v) is 10.8. The van der Waals surface area contributed by atoms with E-state index in [0.29, 0.717) is 18.2 Å². The molecule has 0 unspecified atom stereocenters. The Bertz CT molecular complexity index is 1610. The SMILES string of the molecule is CCOc1ccc(-c2c3c4n(c(COc5ccc(Br)cc5)nn4c2C(=S)Nc2ccccc2)CCCC3)cc1. The van der Waals surface area contributed by atoms with E-state index in [4.69, 9.17) is 26.8 Å². The third kappa shape index (κ3) is 5.18. The molecule has 0 atom stereocenters. The molecule has 3 aromatic carbocycles. The molecule has 1 aliphatic rings. The van der Waals surface area contributed by atoms with Gasteiger partial charge in [-0.2, -0.15) is 0 Å². The first-order chi connectivity index (χ1) is 19.1. The van der Waals surface area contributed by atoms with Crippen molar-refractivity contribution in [2.24, 2.45) is 0 Å². The van der Waals surface area contributed by atoms with Gasteiger partial charge in [0.2, 0.25) is 0 Å². The summed E-state index contributed by atoms with van der Waals surface area (Å²) in [5.41, 5.74) is 6.44. The van der Waals surface area contributed by atoms with Crippen molar-refractivity contribution in [3.05, 3.63) is 100 Å². The molecule has 0 amide bonds. The number of ether oxygens (including phenoxy) is 2. The predicted octanol–water partition coefficient (Wildman–Crippen LogP) is 7.67. The summed E-state index contributed by atoms with van der Waals surface area (Å²) in [7, 11) is 0. The Hall–Kier alpha value is -3.62. The number of benzene rings is 3. The standard InChI is InChI=1S/C31H29BrN4O2S/c1-2-37-24-15-11-21(12-16-24)28-26-10-6-7-19-35-27(20-38-25-17-13-22(32)14-18-25)34-36(31(26)35)29(28)30(39)33-23-8-4-3-5-9-23/h3-5,8-9,11-18H,2,6-7,10,19-20H2,1H3,(H,33,39). The summed E-state index contributed by atoms with van der Waals surface area (Å²) in [5.74, 6) is 2.56. The van der Waals surface area contributed by atoms with Crippen LogP contribution in [0.5, 0.6) is 11.5 Å². The molecule has 2 aromatic heterocycles. The van der Waals surface area contributed by atoms with Crippen LogP contribution in [0.25, 0.3) is 16.8 Å². The lowest BCUT2D eigenvalue weighted by Crippen LogP contribution is -2.15. The van der Waals surface area contributed by atoms with Crippen molar-refractivity contribution in [2.45, 2.75) is 39.3 Å². The summed E-state index contributed by atoms with van der Waals surface area (Å²) < 4.78 is 17.2. The zero-order valence-corrected chi connectivity index (χ0v) is 24.1. The van der Waals surface area contributed by atoms with Gasteiger partial charge in [0, 0.05) is 27.8 Å². The fraction of sp³-hybridized carbons (Fsp3) is 0.226. The Kier molecular flexibility index (Phi) is 7.39. The molecule has 0 spiro atoms. The van der Waals surface area contributed by atoms with Gasteiger partial charge in [-0.25, -0.2) is 4.52 Å². The van der Waals surface area contributed by atoms with Gasteiger partial charge >= 0.3 is 0 Å². The smallest absolute Gasteiger partial charge is 0.169 e. The highest BCUT2D eigenvalue weighted by Gasteiger charge is 2.29. The third-order valence-corrected chi connectivity index (χ3v) is 7.77. The summed E-state index contributed by atoms with van der Waals surface area (Å²) in [4.78, 5) is 0.636. The van der Waals surface area contributed by atoms with Crippen LogP contribution in [-0.2, 0) is 19.6 Å². The summed E-state index contributed by atoms with van der Waals surface area (Å²) in [5, 5.41) is 8.57. The number of rotatable bonds is 8. The van der Waals surface area contributed by atoms with E-state index >= 15 is 0 Å². The van der Waals surface area contributed by atoms with Crippen LogP contribution >= 0.6 is 28.1 Å². The van der Waals surface area contributed by atoms with Crippen molar-refractivity contribution < 1.29 is 9.47 Å². The maximum Gasteiger partial charge on any atom is 0.169 e. The molecule has 3 heterocycles. The van der Waals surface area contributed by atoms with Gasteiger partial charge in [0.05, 0.1) is 6.61 Å². The molecule has 0 bridgehead atoms. The summed E-state index contributed by atoms with van der Waals surface area (Å²) in [6, 6.07) is 26.2. The lowest BCUT2D eigenvalue weighted by atomic mass is 9.98. The van der Waals surface area contributed by atoms with Crippen molar-refractivity contribution in [1.29, 1.82) is 0 Å². The maximum atomic E-state index is 6.16. The van der Waals surface area contributed by atoms with Crippen LogP contribution in [0, 0.1) is 0 Å². The van der Waals surface area contributed by atoms with E-state index in [0.717, 1.165) is 75.8 Å². The first-order valence-electron chi connectivity index (χ1n) is 13.2. The normalized spacial score (nSPS) is 12.8. The van der Waals surface area contributed by atoms with Gasteiger partial charge in [-0.1, -0.05) is 58.5 Å². The first-order valence-corrected chi connectivity index (χ1v) is 14.4. The molecule has 39 heavy (non-hydrogen) atoms. The van der Waals surface area contributed by atoms with Crippen molar-refractivity contribution in [3.8, 4) is 22.6 Å². The number of hydrogen-bond acceptors (Lipinski definition) is 4. The molecule has 0 aliphatic carbocycles. The van der Waals surface area contributed by atoms with Crippen molar-refractivity contribution in [1.82, 2.24) is 14.2 Å². The first kappa shape index (κ1) is 25.6. The Balaban J connectivity index is 1.47. The van der Waals surface area contributed by atoms with Gasteiger partial charge in [-0.3, -0.25) is 0 Å². The molecule has 0 radical (unpaired) electrons. The number of hydrogen-bond donors (Lipinski definition) is 1. The summed E-state index contributed by atoms with van der Waals surface area (Å²) >= 11 is 9.55. The number of nitrogens with one attached hydrogen (secondary N) is 1. The van der Waals surface area contributed by atoms with E-state index in [1.807, 2.05) is 78.2 Å². The van der Waals surface area contributed by atoms with E-state index in [2.05, 4.69) is 37.9 Å². The summed E-state index contributed by atoms with van der Waals surface area (Å²) in [6.07, 6.45) is 3.13. The predicted molar refractivity (Wildman–Crippen MR) is 163 cm³/mol. The number of anilines is 1. The van der Waals surface area contributed by atoms with Crippen LogP contribution in [0.2, 0.25) is 0 Å². The van der Waals surface area contributed by atoms with Crippen LogP contribution in [0.3, 0.4) is 0 Å². The minimum atomic E-state index is 0.374. The molecule has 5 aromatic rings. The second kappa shape index (κ2) is 11.2. The van der Waals surface area contributed by atoms with E-state index in [9.17, 15) is 0 Å². The largest absolute Gasteiger partial charge is 0.494 e. The summed E-state index contributed by atoms with van der Waals surface area (Å²) in [6.45, 7) is 3.90. The highest BCUT2D eigenvalue weighted by atomic mass is 79.9. The molecular weight excluding hydrogens is 572 g/mol. The number of thiocarbonyl (C=S) groups is 1. The van der Waals surface area contributed by atoms with Gasteiger partial charge in [0.15, 0.2) is 5.82 Å². The van der Waals surface area contributed by atoms with Gasteiger partial charge in [-0.15, -0.1) is 5.10 Å². The molecule has 0 saturated carbocycles. The van der Waals surface area contributed by atoms with Crippen LogP contribution in [0.1, 0.15) is 36.8 Å². The second-order valence-electron chi connectivity index (χ2n) is 9.48. The van der Waals surface area contributed by atoms with Crippen LogP contribution in [-0.4, -0.2) is 25.8 Å². The third-order valence-electron chi connectivity index (χ3n) is 6.94. The van der Waals surface area contributed by atoms with E-state index < -0.39 is 0 Å². The number of aryl methyl sites for hydroxylation is 2. The molecule has 6 nitrogen and oxygen atoms in total. The quantitative estimate of drug-likeness (QED) is 0.185. The van der Waals surface area contributed by atoms with Crippen molar-refractivity contribution >= 4 is 44.5 Å².